The lowest BCUT2D eigenvalue weighted by molar-refractivity contribution is 0.100. The molecule has 1 aliphatic rings. The smallest absolute Gasteiger partial charge is 0.294 e. The zero-order valence-electron chi connectivity index (χ0n) is 15.4. The molecule has 0 fully saturated rings. The lowest BCUT2D eigenvalue weighted by atomic mass is 10.0. The molecule has 1 aromatic heterocycles. The summed E-state index contributed by atoms with van der Waals surface area (Å²) in [6.07, 6.45) is 0. The van der Waals surface area contributed by atoms with Gasteiger partial charge in [0.05, 0.1) is 32.2 Å². The second-order valence-electron chi connectivity index (χ2n) is 7.05. The first-order chi connectivity index (χ1) is 14.4. The number of primary amides is 1. The monoisotopic (exact) mass is 456 g/mol. The number of sulfonamides is 1. The van der Waals surface area contributed by atoms with Gasteiger partial charge in [0.25, 0.3) is 10.1 Å². The molecule has 156 valence electrons. The number of hydrogen-bond acceptors (Lipinski definition) is 7. The van der Waals surface area contributed by atoms with E-state index in [4.69, 9.17) is 10.9 Å². The fourth-order valence-corrected chi connectivity index (χ4v) is 4.81. The third kappa shape index (κ3) is 2.96. The van der Waals surface area contributed by atoms with Crippen LogP contribution in [0.1, 0.15) is 10.4 Å². The van der Waals surface area contributed by atoms with Crippen molar-refractivity contribution in [3.05, 3.63) is 48.0 Å². The van der Waals surface area contributed by atoms with Gasteiger partial charge in [-0.1, -0.05) is 0 Å². The lowest BCUT2D eigenvalue weighted by Crippen LogP contribution is -2.12. The molecule has 0 radical (unpaired) electrons. The Morgan fingerprint density at radius 2 is 1.48 bits per heavy atom. The molecule has 1 amide bonds. The number of fused-ring (bicyclic) bond motifs is 4. The molecule has 0 spiro atoms. The van der Waals surface area contributed by atoms with Crippen molar-refractivity contribution < 1.29 is 26.2 Å². The summed E-state index contributed by atoms with van der Waals surface area (Å²) in [5.41, 5.74) is 7.70. The van der Waals surface area contributed by atoms with Crippen LogP contribution in [0.2, 0.25) is 0 Å². The van der Waals surface area contributed by atoms with Crippen molar-refractivity contribution in [2.45, 2.75) is 9.79 Å². The maximum Gasteiger partial charge on any atom is 0.294 e. The Labute approximate surface area is 175 Å². The van der Waals surface area contributed by atoms with E-state index in [0.717, 1.165) is 6.07 Å². The van der Waals surface area contributed by atoms with Gasteiger partial charge in [-0.3, -0.25) is 9.35 Å². The number of nitrogens with two attached hydrogens (primary N) is 2. The Balaban J connectivity index is 1.92. The van der Waals surface area contributed by atoms with Crippen LogP contribution in [0.5, 0.6) is 0 Å². The van der Waals surface area contributed by atoms with Crippen molar-refractivity contribution in [2.24, 2.45) is 10.9 Å². The lowest BCUT2D eigenvalue weighted by Gasteiger charge is -2.07. The summed E-state index contributed by atoms with van der Waals surface area (Å²) in [4.78, 5) is 20.3. The normalized spacial score (nSPS) is 13.0. The van der Waals surface area contributed by atoms with Crippen LogP contribution in [-0.4, -0.2) is 37.3 Å². The maximum atomic E-state index is 12.0. The van der Waals surface area contributed by atoms with Crippen molar-refractivity contribution in [1.29, 1.82) is 0 Å². The van der Waals surface area contributed by atoms with Crippen molar-refractivity contribution >= 4 is 47.9 Å². The SMILES string of the molecule is NC(=O)c1cc2c3c(cc(S(N)(=O)=O)cc3c1)-c1nc3cc(S(=O)(=O)O)ccc3nc1-2. The highest BCUT2D eigenvalue weighted by molar-refractivity contribution is 7.89. The van der Waals surface area contributed by atoms with Crippen LogP contribution in [0.3, 0.4) is 0 Å². The standard InChI is InChI=1S/C19H12N4O6S2/c20-19(24)9-3-8-4-11(30(21,25)26)6-13-16(8)12(5-9)17-18(13)23-15-7-10(31(27,28)29)1-2-14(15)22-17/h1-7H,(H2,20,24)(H2,21,25,26)(H,27,28,29). The molecule has 0 aliphatic heterocycles. The highest BCUT2D eigenvalue weighted by Gasteiger charge is 2.28. The van der Waals surface area contributed by atoms with Gasteiger partial charge in [-0.15, -0.1) is 0 Å². The molecule has 0 saturated heterocycles. The molecule has 4 aromatic rings. The number of benzene rings is 3. The van der Waals surface area contributed by atoms with Crippen molar-refractivity contribution in [2.75, 3.05) is 0 Å². The second kappa shape index (κ2) is 6.04. The molecule has 1 heterocycles. The largest absolute Gasteiger partial charge is 0.366 e. The summed E-state index contributed by atoms with van der Waals surface area (Å²) >= 11 is 0. The molecule has 0 bridgehead atoms. The van der Waals surface area contributed by atoms with Crippen LogP contribution in [0, 0.1) is 0 Å². The zero-order chi connectivity index (χ0) is 22.3. The van der Waals surface area contributed by atoms with Gasteiger partial charge in [0.2, 0.25) is 15.9 Å². The Hall–Kier alpha value is -3.45. The third-order valence-electron chi connectivity index (χ3n) is 5.08. The van der Waals surface area contributed by atoms with E-state index in [0.29, 0.717) is 33.1 Å². The molecule has 5 N–H and O–H groups in total. The van der Waals surface area contributed by atoms with E-state index in [-0.39, 0.29) is 26.6 Å². The Morgan fingerprint density at radius 3 is 2.10 bits per heavy atom. The Kier molecular flexibility index (Phi) is 3.80. The molecule has 1 aliphatic carbocycles. The number of carbonyl (C=O) groups excluding carboxylic acids is 1. The molecular weight excluding hydrogens is 444 g/mol. The number of amides is 1. The van der Waals surface area contributed by atoms with E-state index in [1.165, 1.54) is 30.3 Å². The number of aromatic nitrogens is 2. The summed E-state index contributed by atoms with van der Waals surface area (Å²) in [6, 6.07) is 9.44. The number of hydrogen-bond donors (Lipinski definition) is 3. The van der Waals surface area contributed by atoms with E-state index >= 15 is 0 Å². The Morgan fingerprint density at radius 1 is 0.839 bits per heavy atom. The van der Waals surface area contributed by atoms with E-state index in [1.54, 1.807) is 6.07 Å². The zero-order valence-corrected chi connectivity index (χ0v) is 17.0. The summed E-state index contributed by atoms with van der Waals surface area (Å²) in [5, 5.41) is 6.34. The quantitative estimate of drug-likeness (QED) is 0.340. The molecule has 31 heavy (non-hydrogen) atoms. The fourth-order valence-electron chi connectivity index (χ4n) is 3.74. The van der Waals surface area contributed by atoms with Crippen LogP contribution >= 0.6 is 0 Å². The van der Waals surface area contributed by atoms with E-state index < -0.39 is 26.0 Å². The van der Waals surface area contributed by atoms with Crippen LogP contribution in [0.25, 0.3) is 44.3 Å². The topological polar surface area (TPSA) is 183 Å². The van der Waals surface area contributed by atoms with Gasteiger partial charge in [-0.2, -0.15) is 8.42 Å². The van der Waals surface area contributed by atoms with Gasteiger partial charge >= 0.3 is 0 Å². The van der Waals surface area contributed by atoms with Gasteiger partial charge in [0.1, 0.15) is 0 Å². The van der Waals surface area contributed by atoms with Crippen LogP contribution in [0.4, 0.5) is 0 Å². The fraction of sp³-hybridized carbons (Fsp3) is 0. The molecule has 5 rings (SSSR count). The number of carbonyl (C=O) groups is 1. The van der Waals surface area contributed by atoms with Crippen LogP contribution < -0.4 is 10.9 Å². The highest BCUT2D eigenvalue weighted by atomic mass is 32.2. The summed E-state index contributed by atoms with van der Waals surface area (Å²) in [5.74, 6) is -0.708. The summed E-state index contributed by atoms with van der Waals surface area (Å²) in [6.45, 7) is 0. The molecule has 0 atom stereocenters. The van der Waals surface area contributed by atoms with Crippen molar-refractivity contribution in [1.82, 2.24) is 9.97 Å². The van der Waals surface area contributed by atoms with Crippen LogP contribution in [-0.2, 0) is 20.1 Å². The molecule has 10 nitrogen and oxygen atoms in total. The van der Waals surface area contributed by atoms with Crippen molar-refractivity contribution in [3.8, 4) is 22.5 Å². The molecule has 3 aromatic carbocycles. The molecule has 0 unspecified atom stereocenters. The molecule has 12 heteroatoms. The predicted octanol–water partition coefficient (Wildman–Crippen LogP) is 1.42. The number of rotatable bonds is 3. The van der Waals surface area contributed by atoms with Crippen molar-refractivity contribution in [3.63, 3.8) is 0 Å². The van der Waals surface area contributed by atoms with Gasteiger partial charge in [-0.25, -0.2) is 23.5 Å². The second-order valence-corrected chi connectivity index (χ2v) is 10.0. The number of nitrogens with zero attached hydrogens (tertiary/aromatic N) is 2. The first kappa shape index (κ1) is 19.5. The maximum absolute atomic E-state index is 12.0. The number of primary sulfonamides is 1. The summed E-state index contributed by atoms with van der Waals surface area (Å²) in [7, 11) is -8.54. The Bertz CT molecular complexity index is 1710. The van der Waals surface area contributed by atoms with Gasteiger partial charge in [0, 0.05) is 22.1 Å². The average molecular weight is 456 g/mol. The minimum absolute atomic E-state index is 0.150. The predicted molar refractivity (Wildman–Crippen MR) is 111 cm³/mol. The third-order valence-corrected chi connectivity index (χ3v) is 6.82. The van der Waals surface area contributed by atoms with Crippen LogP contribution in [0.15, 0.2) is 52.3 Å². The van der Waals surface area contributed by atoms with Gasteiger partial charge in [-0.05, 0) is 47.9 Å². The van der Waals surface area contributed by atoms with Gasteiger partial charge < -0.3 is 5.73 Å². The molecule has 0 saturated carbocycles. The van der Waals surface area contributed by atoms with E-state index in [2.05, 4.69) is 9.97 Å². The summed E-state index contributed by atoms with van der Waals surface area (Å²) < 4.78 is 56.3. The van der Waals surface area contributed by atoms with E-state index in [1.807, 2.05) is 0 Å². The highest BCUT2D eigenvalue weighted by Crippen LogP contribution is 2.47. The molecular formula is C19H12N4O6S2. The first-order valence-corrected chi connectivity index (χ1v) is 11.7. The minimum atomic E-state index is -4.46. The van der Waals surface area contributed by atoms with E-state index in [9.17, 15) is 26.2 Å². The minimum Gasteiger partial charge on any atom is -0.366 e. The first-order valence-electron chi connectivity index (χ1n) is 8.68. The average Bonchev–Trinajstić information content (AvgIpc) is 2.98. The van der Waals surface area contributed by atoms with Gasteiger partial charge in [0.15, 0.2) is 0 Å².